The van der Waals surface area contributed by atoms with E-state index >= 15 is 0 Å². The molecule has 0 amide bonds. The van der Waals surface area contributed by atoms with Crippen LogP contribution in [0.25, 0.3) is 0 Å². The molecule has 0 heterocycles. The van der Waals surface area contributed by atoms with Crippen molar-refractivity contribution in [2.75, 3.05) is 27.7 Å². The SMILES string of the molecule is CCCCCCOc1cc(O)cc(S(=O)(=O)O)c1.CN(C)C. The first-order valence-corrected chi connectivity index (χ1v) is 8.66. The molecule has 0 aromatic heterocycles. The summed E-state index contributed by atoms with van der Waals surface area (Å²) in [5.74, 6) is -0.0205. The minimum atomic E-state index is -4.33. The highest BCUT2D eigenvalue weighted by Gasteiger charge is 2.12. The van der Waals surface area contributed by atoms with Gasteiger partial charge in [-0.25, -0.2) is 0 Å². The minimum Gasteiger partial charge on any atom is -0.508 e. The molecule has 0 aliphatic rings. The number of hydrogen-bond donors (Lipinski definition) is 2. The fourth-order valence-corrected chi connectivity index (χ4v) is 2.04. The zero-order valence-corrected chi connectivity index (χ0v) is 14.6. The van der Waals surface area contributed by atoms with Crippen molar-refractivity contribution in [1.82, 2.24) is 4.90 Å². The highest BCUT2D eigenvalue weighted by molar-refractivity contribution is 7.85. The Morgan fingerprint density at radius 1 is 1.09 bits per heavy atom. The first kappa shape index (κ1) is 20.7. The van der Waals surface area contributed by atoms with E-state index in [-0.39, 0.29) is 16.4 Å². The van der Waals surface area contributed by atoms with E-state index in [1.807, 2.05) is 26.0 Å². The maximum Gasteiger partial charge on any atom is 0.294 e. The van der Waals surface area contributed by atoms with Gasteiger partial charge in [0.15, 0.2) is 0 Å². The summed E-state index contributed by atoms with van der Waals surface area (Å²) in [5, 5.41) is 9.34. The summed E-state index contributed by atoms with van der Waals surface area (Å²) in [4.78, 5) is 1.63. The lowest BCUT2D eigenvalue weighted by atomic mass is 10.2. The Bertz CT molecular complexity index is 526. The van der Waals surface area contributed by atoms with Crippen molar-refractivity contribution >= 4 is 10.1 Å². The van der Waals surface area contributed by atoms with E-state index in [1.54, 1.807) is 0 Å². The molecule has 6 nitrogen and oxygen atoms in total. The number of nitrogens with zero attached hydrogens (tertiary/aromatic N) is 1. The van der Waals surface area contributed by atoms with Crippen LogP contribution in [0, 0.1) is 0 Å². The van der Waals surface area contributed by atoms with Crippen molar-refractivity contribution < 1.29 is 22.8 Å². The monoisotopic (exact) mass is 333 g/mol. The third-order valence-electron chi connectivity index (χ3n) is 2.43. The summed E-state index contributed by atoms with van der Waals surface area (Å²) in [6.07, 6.45) is 4.16. The van der Waals surface area contributed by atoms with E-state index in [0.717, 1.165) is 31.7 Å². The molecule has 0 fully saturated rings. The molecule has 7 heteroatoms. The number of hydrogen-bond acceptors (Lipinski definition) is 5. The van der Waals surface area contributed by atoms with Crippen molar-refractivity contribution in [2.24, 2.45) is 0 Å². The van der Waals surface area contributed by atoms with Gasteiger partial charge in [0.05, 0.1) is 6.61 Å². The summed E-state index contributed by atoms with van der Waals surface area (Å²) in [7, 11) is 1.67. The van der Waals surface area contributed by atoms with Crippen LogP contribution in [0.4, 0.5) is 0 Å². The summed E-state index contributed by atoms with van der Waals surface area (Å²) in [6, 6.07) is 3.47. The van der Waals surface area contributed by atoms with Gasteiger partial charge in [0, 0.05) is 18.2 Å². The second kappa shape index (κ2) is 10.4. The van der Waals surface area contributed by atoms with Gasteiger partial charge in [0.25, 0.3) is 10.1 Å². The Morgan fingerprint density at radius 3 is 2.18 bits per heavy atom. The van der Waals surface area contributed by atoms with E-state index in [0.29, 0.717) is 6.61 Å². The average Bonchev–Trinajstić information content (AvgIpc) is 2.36. The number of phenols is 1. The molecule has 0 bridgehead atoms. The predicted octanol–water partition coefficient (Wildman–Crippen LogP) is 2.78. The van der Waals surface area contributed by atoms with E-state index in [1.165, 1.54) is 12.1 Å². The largest absolute Gasteiger partial charge is 0.508 e. The highest BCUT2D eigenvalue weighted by atomic mass is 32.2. The second-order valence-corrected chi connectivity index (χ2v) is 6.81. The van der Waals surface area contributed by atoms with Crippen molar-refractivity contribution in [3.05, 3.63) is 18.2 Å². The van der Waals surface area contributed by atoms with Crippen LogP contribution in [-0.4, -0.2) is 50.7 Å². The normalized spacial score (nSPS) is 11.0. The molecule has 0 radical (unpaired) electrons. The second-order valence-electron chi connectivity index (χ2n) is 5.39. The molecule has 0 saturated heterocycles. The van der Waals surface area contributed by atoms with Gasteiger partial charge in [-0.1, -0.05) is 26.2 Å². The fourth-order valence-electron chi connectivity index (χ4n) is 1.51. The third kappa shape index (κ3) is 10.4. The molecular weight excluding hydrogens is 306 g/mol. The topological polar surface area (TPSA) is 87.1 Å². The molecule has 0 atom stereocenters. The molecule has 0 unspecified atom stereocenters. The molecule has 22 heavy (non-hydrogen) atoms. The summed E-state index contributed by atoms with van der Waals surface area (Å²) < 4.78 is 36.1. The Labute approximate surface area is 133 Å². The summed E-state index contributed by atoms with van der Waals surface area (Å²) in [5.41, 5.74) is 0. The molecular formula is C15H27NO5S. The first-order valence-electron chi connectivity index (χ1n) is 7.22. The lowest BCUT2D eigenvalue weighted by Crippen LogP contribution is -2.01. The number of ether oxygens (including phenoxy) is 1. The smallest absolute Gasteiger partial charge is 0.294 e. The van der Waals surface area contributed by atoms with E-state index in [9.17, 15) is 13.5 Å². The number of aromatic hydroxyl groups is 1. The van der Waals surface area contributed by atoms with Gasteiger partial charge in [-0.05, 0) is 27.6 Å². The standard InChI is InChI=1S/C12H18O5S.C3H9N/c1-2-3-4-5-6-17-11-7-10(13)8-12(9-11)18(14,15)16;1-4(2)3/h7-9,13H,2-6H2,1H3,(H,14,15,16);1-3H3. The minimum absolute atomic E-state index is 0.235. The van der Waals surface area contributed by atoms with Crippen LogP contribution in [0.3, 0.4) is 0 Å². The Morgan fingerprint density at radius 2 is 1.68 bits per heavy atom. The van der Waals surface area contributed by atoms with E-state index in [4.69, 9.17) is 9.29 Å². The number of rotatable bonds is 7. The quantitative estimate of drug-likeness (QED) is 0.589. The van der Waals surface area contributed by atoms with Crippen LogP contribution in [0.2, 0.25) is 0 Å². The van der Waals surface area contributed by atoms with Gasteiger partial charge in [-0.3, -0.25) is 4.55 Å². The molecule has 128 valence electrons. The summed E-state index contributed by atoms with van der Waals surface area (Å²) >= 11 is 0. The molecule has 2 N–H and O–H groups in total. The van der Waals surface area contributed by atoms with Gasteiger partial charge >= 0.3 is 0 Å². The van der Waals surface area contributed by atoms with Crippen LogP contribution < -0.4 is 4.74 Å². The van der Waals surface area contributed by atoms with Gasteiger partial charge in [0.2, 0.25) is 0 Å². The molecule has 0 spiro atoms. The zero-order chi connectivity index (χ0) is 17.2. The van der Waals surface area contributed by atoms with Crippen LogP contribution in [0.5, 0.6) is 11.5 Å². The van der Waals surface area contributed by atoms with Crippen LogP contribution in [0.15, 0.2) is 23.1 Å². The molecule has 1 aromatic rings. The van der Waals surface area contributed by atoms with E-state index < -0.39 is 10.1 Å². The summed E-state index contributed by atoms with van der Waals surface area (Å²) in [6.45, 7) is 2.56. The van der Waals surface area contributed by atoms with Crippen molar-refractivity contribution in [3.63, 3.8) is 0 Å². The predicted molar refractivity (Wildman–Crippen MR) is 87.2 cm³/mol. The number of phenolic OH excluding ortho intramolecular Hbond substituents is 1. The maximum absolute atomic E-state index is 10.9. The Hall–Kier alpha value is -1.31. The third-order valence-corrected chi connectivity index (χ3v) is 3.26. The van der Waals surface area contributed by atoms with Crippen LogP contribution >= 0.6 is 0 Å². The van der Waals surface area contributed by atoms with Crippen LogP contribution in [-0.2, 0) is 10.1 Å². The lowest BCUT2D eigenvalue weighted by Gasteiger charge is -2.07. The van der Waals surface area contributed by atoms with Gasteiger partial charge in [-0.2, -0.15) is 8.42 Å². The van der Waals surface area contributed by atoms with Gasteiger partial charge in [-0.15, -0.1) is 0 Å². The fraction of sp³-hybridized carbons (Fsp3) is 0.600. The van der Waals surface area contributed by atoms with Gasteiger partial charge in [0.1, 0.15) is 16.4 Å². The lowest BCUT2D eigenvalue weighted by molar-refractivity contribution is 0.302. The van der Waals surface area contributed by atoms with E-state index in [2.05, 4.69) is 6.92 Å². The zero-order valence-electron chi connectivity index (χ0n) is 13.7. The molecule has 0 aliphatic carbocycles. The molecule has 0 aliphatic heterocycles. The molecule has 1 rings (SSSR count). The van der Waals surface area contributed by atoms with Crippen molar-refractivity contribution in [1.29, 1.82) is 0 Å². The van der Waals surface area contributed by atoms with Gasteiger partial charge < -0.3 is 14.7 Å². The first-order chi connectivity index (χ1) is 10.2. The highest BCUT2D eigenvalue weighted by Crippen LogP contribution is 2.24. The Kier molecular flexibility index (Phi) is 9.80. The van der Waals surface area contributed by atoms with Crippen molar-refractivity contribution in [2.45, 2.75) is 37.5 Å². The maximum atomic E-state index is 10.9. The molecule has 1 aromatic carbocycles. The number of unbranched alkanes of at least 4 members (excludes halogenated alkanes) is 3. The molecule has 0 saturated carbocycles. The van der Waals surface area contributed by atoms with Crippen LogP contribution in [0.1, 0.15) is 32.6 Å². The average molecular weight is 333 g/mol. The number of benzene rings is 1. The Balaban J connectivity index is 0.000000980. The van der Waals surface area contributed by atoms with Crippen molar-refractivity contribution in [3.8, 4) is 11.5 Å².